The minimum atomic E-state index is 1.06. The van der Waals surface area contributed by atoms with Crippen LogP contribution in [0.25, 0.3) is 94.3 Å². The summed E-state index contributed by atoms with van der Waals surface area (Å²) in [4.78, 5) is 2.48. The summed E-state index contributed by atoms with van der Waals surface area (Å²) in [6.45, 7) is 0. The number of fused-ring (bicyclic) bond motifs is 3. The molecule has 0 unspecified atom stereocenters. The topological polar surface area (TPSA) is 8.17 Å². The molecule has 0 aliphatic heterocycles. The first-order valence-corrected chi connectivity index (χ1v) is 23.3. The first kappa shape index (κ1) is 40.5. The van der Waals surface area contributed by atoms with E-state index in [-0.39, 0.29) is 0 Å². The largest absolute Gasteiger partial charge is 0.309 e. The summed E-state index contributed by atoms with van der Waals surface area (Å²) in [5, 5.41) is 2.46. The third kappa shape index (κ3) is 7.35. The first-order valence-electron chi connectivity index (χ1n) is 23.3. The van der Waals surface area contributed by atoms with Crippen LogP contribution in [0.5, 0.6) is 0 Å². The van der Waals surface area contributed by atoms with Crippen LogP contribution in [0.15, 0.2) is 279 Å². The predicted molar refractivity (Wildman–Crippen MR) is 288 cm³/mol. The van der Waals surface area contributed by atoms with E-state index in [4.69, 9.17) is 0 Å². The van der Waals surface area contributed by atoms with E-state index < -0.39 is 0 Å². The first-order chi connectivity index (χ1) is 33.8. The fourth-order valence-electron chi connectivity index (χ4n) is 10.1. The molecule has 0 fully saturated rings. The zero-order valence-corrected chi connectivity index (χ0v) is 37.5. The molecule has 11 aromatic carbocycles. The zero-order valence-electron chi connectivity index (χ0n) is 37.5. The lowest BCUT2D eigenvalue weighted by molar-refractivity contribution is 1.18. The van der Waals surface area contributed by atoms with Gasteiger partial charge in [-0.1, -0.05) is 237 Å². The Labute approximate surface area is 397 Å². The Kier molecular flexibility index (Phi) is 10.6. The van der Waals surface area contributed by atoms with E-state index >= 15 is 0 Å². The number of aromatic nitrogens is 1. The monoisotopic (exact) mass is 866 g/mol. The van der Waals surface area contributed by atoms with E-state index in [9.17, 15) is 0 Å². The van der Waals surface area contributed by atoms with Gasteiger partial charge in [0.25, 0.3) is 0 Å². The van der Waals surface area contributed by atoms with Gasteiger partial charge in [0.2, 0.25) is 0 Å². The van der Waals surface area contributed by atoms with Crippen molar-refractivity contribution in [2.24, 2.45) is 0 Å². The summed E-state index contributed by atoms with van der Waals surface area (Å²) in [7, 11) is 0. The van der Waals surface area contributed by atoms with Crippen molar-refractivity contribution in [2.75, 3.05) is 4.90 Å². The highest BCUT2D eigenvalue weighted by molar-refractivity contribution is 6.14. The molecule has 0 amide bonds. The summed E-state index contributed by atoms with van der Waals surface area (Å²) in [5.74, 6) is 0. The van der Waals surface area contributed by atoms with Gasteiger partial charge in [0, 0.05) is 38.8 Å². The van der Waals surface area contributed by atoms with Crippen LogP contribution in [0, 0.1) is 0 Å². The number of anilines is 3. The Bertz CT molecular complexity index is 3720. The minimum Gasteiger partial charge on any atom is -0.309 e. The molecule has 0 N–H and O–H groups in total. The highest BCUT2D eigenvalue weighted by Crippen LogP contribution is 2.48. The Balaban J connectivity index is 1.08. The maximum absolute atomic E-state index is 2.48. The summed E-state index contributed by atoms with van der Waals surface area (Å²) in [6, 6.07) is 101. The number of hydrogen-bond acceptors (Lipinski definition) is 1. The lowest BCUT2D eigenvalue weighted by atomic mass is 9.88. The van der Waals surface area contributed by atoms with Crippen LogP contribution in [-0.4, -0.2) is 4.57 Å². The second-order valence-electron chi connectivity index (χ2n) is 17.2. The van der Waals surface area contributed by atoms with Crippen molar-refractivity contribution in [2.45, 2.75) is 0 Å². The zero-order chi connectivity index (χ0) is 45.2. The third-order valence-corrected chi connectivity index (χ3v) is 13.2. The van der Waals surface area contributed by atoms with Crippen molar-refractivity contribution in [1.29, 1.82) is 0 Å². The number of rotatable bonds is 10. The molecule has 320 valence electrons. The van der Waals surface area contributed by atoms with Gasteiger partial charge < -0.3 is 9.47 Å². The molecule has 0 spiro atoms. The van der Waals surface area contributed by atoms with Crippen LogP contribution < -0.4 is 4.90 Å². The Morgan fingerprint density at radius 2 is 0.676 bits per heavy atom. The lowest BCUT2D eigenvalue weighted by Gasteiger charge is -2.31. The molecule has 2 heteroatoms. The fourth-order valence-corrected chi connectivity index (χ4v) is 10.1. The molecular weight excluding hydrogens is 821 g/mol. The van der Waals surface area contributed by atoms with Crippen molar-refractivity contribution in [1.82, 2.24) is 4.57 Å². The van der Waals surface area contributed by atoms with Gasteiger partial charge in [-0.25, -0.2) is 0 Å². The van der Waals surface area contributed by atoms with Crippen molar-refractivity contribution in [3.05, 3.63) is 279 Å². The van der Waals surface area contributed by atoms with Gasteiger partial charge in [-0.15, -0.1) is 0 Å². The molecule has 1 heterocycles. The maximum Gasteiger partial charge on any atom is 0.0619 e. The van der Waals surface area contributed by atoms with Gasteiger partial charge in [0.1, 0.15) is 0 Å². The fraction of sp³-hybridized carbons (Fsp3) is 0. The molecule has 12 rings (SSSR count). The SMILES string of the molecule is c1ccc(-c2ccc(-c3ccccc3N(c3cccc(-c4cccc5c6ccccc6n(-c6ccccc6)c45)c3)c3ccccc3-c3ccccc3-c3ccccc3-c3ccccc3)cc2)cc1. The normalized spacial score (nSPS) is 11.2. The van der Waals surface area contributed by atoms with Crippen molar-refractivity contribution in [3.63, 3.8) is 0 Å². The third-order valence-electron chi connectivity index (χ3n) is 13.2. The Morgan fingerprint density at radius 3 is 1.38 bits per heavy atom. The van der Waals surface area contributed by atoms with Crippen LogP contribution in [-0.2, 0) is 0 Å². The van der Waals surface area contributed by atoms with Crippen LogP contribution in [0.3, 0.4) is 0 Å². The second kappa shape index (κ2) is 17.8. The van der Waals surface area contributed by atoms with Gasteiger partial charge in [0.15, 0.2) is 0 Å². The molecule has 1 aromatic heterocycles. The average molecular weight is 867 g/mol. The van der Waals surface area contributed by atoms with E-state index in [0.29, 0.717) is 0 Å². The molecule has 0 aliphatic rings. The molecule has 0 bridgehead atoms. The Hall–Kier alpha value is -8.98. The van der Waals surface area contributed by atoms with Crippen molar-refractivity contribution in [3.8, 4) is 72.4 Å². The number of nitrogens with zero attached hydrogens (tertiary/aromatic N) is 2. The summed E-state index contributed by atoms with van der Waals surface area (Å²) in [5.41, 5.74) is 20.8. The maximum atomic E-state index is 2.48. The number of para-hydroxylation sites is 5. The van der Waals surface area contributed by atoms with Gasteiger partial charge in [-0.3, -0.25) is 0 Å². The molecule has 2 nitrogen and oxygen atoms in total. The summed E-state index contributed by atoms with van der Waals surface area (Å²) >= 11 is 0. The van der Waals surface area contributed by atoms with Gasteiger partial charge in [-0.05, 0) is 92.5 Å². The smallest absolute Gasteiger partial charge is 0.0619 e. The van der Waals surface area contributed by atoms with E-state index in [1.165, 1.54) is 60.8 Å². The Morgan fingerprint density at radius 1 is 0.250 bits per heavy atom. The van der Waals surface area contributed by atoms with Crippen molar-refractivity contribution >= 4 is 38.9 Å². The predicted octanol–water partition coefficient (Wildman–Crippen LogP) is 18.3. The molecule has 12 aromatic rings. The average Bonchev–Trinajstić information content (AvgIpc) is 3.77. The summed E-state index contributed by atoms with van der Waals surface area (Å²) in [6.07, 6.45) is 0. The second-order valence-corrected chi connectivity index (χ2v) is 17.2. The molecular formula is C66H46N2. The molecule has 0 atom stereocenters. The van der Waals surface area contributed by atoms with Crippen LogP contribution in [0.2, 0.25) is 0 Å². The van der Waals surface area contributed by atoms with Crippen LogP contribution in [0.1, 0.15) is 0 Å². The molecule has 0 aliphatic carbocycles. The lowest BCUT2D eigenvalue weighted by Crippen LogP contribution is -2.12. The van der Waals surface area contributed by atoms with Gasteiger partial charge in [-0.2, -0.15) is 0 Å². The highest BCUT2D eigenvalue weighted by atomic mass is 15.1. The van der Waals surface area contributed by atoms with Crippen LogP contribution in [0.4, 0.5) is 17.1 Å². The van der Waals surface area contributed by atoms with Crippen LogP contribution >= 0.6 is 0 Å². The van der Waals surface area contributed by atoms with E-state index in [0.717, 1.165) is 50.6 Å². The number of benzene rings is 11. The number of hydrogen-bond donors (Lipinski definition) is 0. The standard InChI is InChI=1S/C66H46N2/c1-4-22-47(23-5-1)48-42-44-50(45-43-48)55-31-14-17-39-63(55)67(64-40-18-15-35-60(64)59-34-13-12-33-58(59)57-32-11-10-30-54(57)49-24-6-2-7-25-49)53-29-20-26-51(46-53)56-37-21-38-62-61-36-16-19-41-65(61)68(66(56)62)52-27-8-3-9-28-52/h1-46H. The van der Waals surface area contributed by atoms with E-state index in [2.05, 4.69) is 289 Å². The van der Waals surface area contributed by atoms with Gasteiger partial charge in [0.05, 0.1) is 22.4 Å². The quantitative estimate of drug-likeness (QED) is 0.133. The summed E-state index contributed by atoms with van der Waals surface area (Å²) < 4.78 is 2.43. The van der Waals surface area contributed by atoms with Crippen molar-refractivity contribution < 1.29 is 0 Å². The molecule has 0 saturated carbocycles. The molecule has 0 radical (unpaired) electrons. The molecule has 0 saturated heterocycles. The van der Waals surface area contributed by atoms with E-state index in [1.54, 1.807) is 0 Å². The molecule has 68 heavy (non-hydrogen) atoms. The van der Waals surface area contributed by atoms with E-state index in [1.807, 2.05) is 0 Å². The minimum absolute atomic E-state index is 1.06. The van der Waals surface area contributed by atoms with Gasteiger partial charge >= 0.3 is 0 Å². The highest BCUT2D eigenvalue weighted by Gasteiger charge is 2.24.